The first-order valence-corrected chi connectivity index (χ1v) is 13.5. The molecule has 2 aromatic heterocycles. The van der Waals surface area contributed by atoms with E-state index < -0.39 is 13.6 Å². The zero-order valence-corrected chi connectivity index (χ0v) is 21.2. The lowest BCUT2D eigenvalue weighted by molar-refractivity contribution is -0.136. The fourth-order valence-electron chi connectivity index (χ4n) is 4.15. The predicted molar refractivity (Wildman–Crippen MR) is 143 cm³/mol. The first-order chi connectivity index (χ1) is 17.6. The Bertz CT molecular complexity index is 1550. The van der Waals surface area contributed by atoms with Gasteiger partial charge in [-0.1, -0.05) is 18.2 Å². The molecule has 2 aromatic carbocycles. The summed E-state index contributed by atoms with van der Waals surface area (Å²) in [6.07, 6.45) is 6.06. The van der Waals surface area contributed by atoms with E-state index in [0.717, 1.165) is 45.9 Å². The number of nitrogens with zero attached hydrogens (tertiary/aromatic N) is 2. The summed E-state index contributed by atoms with van der Waals surface area (Å²) in [7, 11) is -4.09. The van der Waals surface area contributed by atoms with Crippen LogP contribution >= 0.6 is 7.60 Å². The molecule has 0 amide bonds. The van der Waals surface area contributed by atoms with E-state index in [2.05, 4.69) is 16.0 Å². The van der Waals surface area contributed by atoms with Crippen molar-refractivity contribution in [3.8, 4) is 5.75 Å². The summed E-state index contributed by atoms with van der Waals surface area (Å²) in [5.74, 6) is 0.0887. The van der Waals surface area contributed by atoms with Crippen molar-refractivity contribution in [2.24, 2.45) is 0 Å². The zero-order valence-electron chi connectivity index (χ0n) is 20.3. The van der Waals surface area contributed by atoms with Crippen LogP contribution in [0.3, 0.4) is 0 Å². The van der Waals surface area contributed by atoms with Gasteiger partial charge in [-0.05, 0) is 78.8 Å². The lowest BCUT2D eigenvalue weighted by Gasteiger charge is -2.11. The summed E-state index contributed by atoms with van der Waals surface area (Å²) >= 11 is 0. The SMILES string of the molecule is Cc1cc(O/C=C/CP(=O)(O)O)ccc1CCc1cnc2c(N)nc3cc(CCC(=O)O)ccc3c2c1. The highest BCUT2D eigenvalue weighted by atomic mass is 31.2. The number of aliphatic carboxylic acids is 1. The largest absolute Gasteiger partial charge is 0.481 e. The fraction of sp³-hybridized carbons (Fsp3) is 0.222. The highest BCUT2D eigenvalue weighted by Gasteiger charge is 2.11. The summed E-state index contributed by atoms with van der Waals surface area (Å²) < 4.78 is 16.4. The summed E-state index contributed by atoms with van der Waals surface area (Å²) in [6.45, 7) is 1.99. The molecule has 4 aromatic rings. The molecule has 0 fully saturated rings. The lowest BCUT2D eigenvalue weighted by atomic mass is 9.99. The molecule has 0 saturated heterocycles. The molecule has 0 radical (unpaired) electrons. The van der Waals surface area contributed by atoms with Gasteiger partial charge in [-0.25, -0.2) is 4.98 Å². The van der Waals surface area contributed by atoms with E-state index in [1.807, 2.05) is 49.5 Å². The van der Waals surface area contributed by atoms with Crippen molar-refractivity contribution in [2.45, 2.75) is 32.6 Å². The number of aryl methyl sites for hydroxylation is 4. The molecular weight excluding hydrogens is 493 g/mol. The molecule has 4 rings (SSSR count). The number of allylic oxidation sites excluding steroid dienone is 1. The molecule has 0 unspecified atom stereocenters. The molecule has 0 bridgehead atoms. The van der Waals surface area contributed by atoms with Gasteiger partial charge >= 0.3 is 13.6 Å². The summed E-state index contributed by atoms with van der Waals surface area (Å²) in [6, 6.07) is 13.5. The number of benzene rings is 2. The van der Waals surface area contributed by atoms with Crippen molar-refractivity contribution >= 4 is 41.2 Å². The maximum atomic E-state index is 10.9. The van der Waals surface area contributed by atoms with Crippen molar-refractivity contribution in [3.63, 3.8) is 0 Å². The molecule has 37 heavy (non-hydrogen) atoms. The minimum absolute atomic E-state index is 0.0557. The number of carbonyl (C=O) groups is 1. The van der Waals surface area contributed by atoms with Crippen molar-refractivity contribution in [1.82, 2.24) is 9.97 Å². The molecule has 0 aliphatic carbocycles. The topological polar surface area (TPSA) is 156 Å². The minimum atomic E-state index is -4.09. The Morgan fingerprint density at radius 1 is 1.05 bits per heavy atom. The Morgan fingerprint density at radius 2 is 1.86 bits per heavy atom. The van der Waals surface area contributed by atoms with Gasteiger partial charge in [-0.3, -0.25) is 14.3 Å². The normalized spacial score (nSPS) is 12.0. The van der Waals surface area contributed by atoms with Crippen LogP contribution in [0.1, 0.15) is 28.7 Å². The van der Waals surface area contributed by atoms with Crippen LogP contribution in [0.15, 0.2) is 61.0 Å². The number of fused-ring (bicyclic) bond motifs is 3. The van der Waals surface area contributed by atoms with E-state index in [0.29, 0.717) is 29.0 Å². The standard InChI is InChI=1S/C27H28N3O6P/c1-17-13-21(36-11-2-12-37(33,34)35)8-7-20(17)6-3-19-14-23-22-9-4-18(5-10-25(31)32)15-24(22)30-27(28)26(23)29-16-19/h2,4,7-9,11,13-16H,3,5-6,10,12H2,1H3,(H2,28,30)(H,31,32)(H2,33,34,35)/b11-2+. The van der Waals surface area contributed by atoms with Crippen molar-refractivity contribution in [1.29, 1.82) is 0 Å². The molecule has 5 N–H and O–H groups in total. The zero-order chi connectivity index (χ0) is 26.6. The van der Waals surface area contributed by atoms with Crippen molar-refractivity contribution in [2.75, 3.05) is 11.9 Å². The highest BCUT2D eigenvalue weighted by Crippen LogP contribution is 2.34. The molecule has 2 heterocycles. The Labute approximate surface area is 213 Å². The van der Waals surface area contributed by atoms with Gasteiger partial charge in [0.1, 0.15) is 11.3 Å². The minimum Gasteiger partial charge on any atom is -0.481 e. The van der Waals surface area contributed by atoms with E-state index >= 15 is 0 Å². The van der Waals surface area contributed by atoms with Crippen LogP contribution in [0.2, 0.25) is 0 Å². The quantitative estimate of drug-likeness (QED) is 0.134. The summed E-state index contributed by atoms with van der Waals surface area (Å²) in [5, 5.41) is 10.8. The summed E-state index contributed by atoms with van der Waals surface area (Å²) in [4.78, 5) is 37.8. The van der Waals surface area contributed by atoms with E-state index in [9.17, 15) is 9.36 Å². The van der Waals surface area contributed by atoms with Crippen LogP contribution < -0.4 is 10.5 Å². The number of pyridine rings is 2. The first-order valence-electron chi connectivity index (χ1n) is 11.7. The number of aromatic nitrogens is 2. The van der Waals surface area contributed by atoms with Gasteiger partial charge in [0.2, 0.25) is 0 Å². The maximum absolute atomic E-state index is 10.9. The number of hydrogen-bond donors (Lipinski definition) is 4. The number of nitrogen functional groups attached to an aromatic ring is 1. The Kier molecular flexibility index (Phi) is 7.88. The predicted octanol–water partition coefficient (Wildman–Crippen LogP) is 4.55. The number of hydrogen-bond acceptors (Lipinski definition) is 6. The van der Waals surface area contributed by atoms with Crippen LogP contribution in [0.25, 0.3) is 21.8 Å². The number of ether oxygens (including phenoxy) is 1. The van der Waals surface area contributed by atoms with Gasteiger partial charge in [-0.2, -0.15) is 0 Å². The second-order valence-electron chi connectivity index (χ2n) is 8.91. The molecule has 0 aliphatic heterocycles. The van der Waals surface area contributed by atoms with Gasteiger partial charge in [0.25, 0.3) is 0 Å². The van der Waals surface area contributed by atoms with E-state index in [-0.39, 0.29) is 12.6 Å². The molecule has 10 heteroatoms. The molecule has 0 saturated carbocycles. The van der Waals surface area contributed by atoms with E-state index in [1.54, 1.807) is 0 Å². The first kappa shape index (κ1) is 26.3. The number of carboxylic acid groups (broad SMARTS) is 1. The van der Waals surface area contributed by atoms with Crippen LogP contribution in [0, 0.1) is 6.92 Å². The van der Waals surface area contributed by atoms with Gasteiger partial charge in [-0.15, -0.1) is 0 Å². The van der Waals surface area contributed by atoms with Gasteiger partial charge in [0, 0.05) is 23.4 Å². The number of rotatable bonds is 10. The monoisotopic (exact) mass is 521 g/mol. The average molecular weight is 522 g/mol. The Balaban J connectivity index is 1.50. The highest BCUT2D eigenvalue weighted by molar-refractivity contribution is 7.51. The Morgan fingerprint density at radius 3 is 2.59 bits per heavy atom. The van der Waals surface area contributed by atoms with Crippen molar-refractivity contribution < 1.29 is 29.0 Å². The smallest absolute Gasteiger partial charge is 0.329 e. The third kappa shape index (κ3) is 6.92. The molecule has 0 atom stereocenters. The van der Waals surface area contributed by atoms with Gasteiger partial charge in [0.15, 0.2) is 5.82 Å². The number of carboxylic acids is 1. The van der Waals surface area contributed by atoms with Crippen LogP contribution in [0.5, 0.6) is 5.75 Å². The third-order valence-corrected chi connectivity index (χ3v) is 6.73. The van der Waals surface area contributed by atoms with Gasteiger partial charge < -0.3 is 25.4 Å². The van der Waals surface area contributed by atoms with Crippen molar-refractivity contribution in [3.05, 3.63) is 83.3 Å². The lowest BCUT2D eigenvalue weighted by Crippen LogP contribution is -2.00. The van der Waals surface area contributed by atoms with E-state index in [4.69, 9.17) is 25.4 Å². The number of anilines is 1. The van der Waals surface area contributed by atoms with Gasteiger partial charge in [0.05, 0.1) is 17.9 Å². The number of nitrogens with two attached hydrogens (primary N) is 1. The Hall–Kier alpha value is -3.78. The maximum Gasteiger partial charge on any atom is 0.329 e. The molecule has 0 spiro atoms. The third-order valence-electron chi connectivity index (χ3n) is 6.05. The van der Waals surface area contributed by atoms with Crippen LogP contribution in [-0.2, 0) is 28.6 Å². The van der Waals surface area contributed by atoms with Crippen LogP contribution in [0.4, 0.5) is 5.82 Å². The fourth-order valence-corrected chi connectivity index (χ4v) is 4.51. The van der Waals surface area contributed by atoms with E-state index in [1.165, 1.54) is 12.3 Å². The summed E-state index contributed by atoms with van der Waals surface area (Å²) in [5.41, 5.74) is 11.7. The second-order valence-corrected chi connectivity index (χ2v) is 10.6. The molecule has 192 valence electrons. The average Bonchev–Trinajstić information content (AvgIpc) is 2.84. The molecule has 0 aliphatic rings. The van der Waals surface area contributed by atoms with Crippen LogP contribution in [-0.4, -0.2) is 37.0 Å². The molecule has 9 nitrogen and oxygen atoms in total. The second kappa shape index (κ2) is 11.1. The molecular formula is C27H28N3O6P.